The first-order valence-electron chi connectivity index (χ1n) is 4.99. The van der Waals surface area contributed by atoms with Gasteiger partial charge in [0.2, 0.25) is 0 Å². The molecular weight excluding hydrogens is 287 g/mol. The summed E-state index contributed by atoms with van der Waals surface area (Å²) in [6.07, 6.45) is 0. The van der Waals surface area contributed by atoms with E-state index in [4.69, 9.17) is 4.74 Å². The zero-order valence-electron chi connectivity index (χ0n) is 9.23. The number of hydrogen-bond donors (Lipinski definition) is 0. The summed E-state index contributed by atoms with van der Waals surface area (Å²) < 4.78 is 6.91. The Bertz CT molecular complexity index is 318. The summed E-state index contributed by atoms with van der Waals surface area (Å²) in [5.74, 6) is 1.58. The maximum atomic E-state index is 5.58. The monoisotopic (exact) mass is 304 g/mol. The number of hydrogen-bond acceptors (Lipinski definition) is 1. The summed E-state index contributed by atoms with van der Waals surface area (Å²) in [5.41, 5.74) is 2.60. The third kappa shape index (κ3) is 2.62. The van der Waals surface area contributed by atoms with Gasteiger partial charge in [0, 0.05) is 3.57 Å². The van der Waals surface area contributed by atoms with Crippen molar-refractivity contribution in [2.75, 3.05) is 6.61 Å². The molecule has 0 N–H and O–H groups in total. The fraction of sp³-hybridized carbons (Fsp3) is 0.500. The van der Waals surface area contributed by atoms with Gasteiger partial charge < -0.3 is 4.74 Å². The van der Waals surface area contributed by atoms with Crippen molar-refractivity contribution in [1.29, 1.82) is 0 Å². The highest BCUT2D eigenvalue weighted by atomic mass is 127. The molecule has 0 unspecified atom stereocenters. The molecule has 14 heavy (non-hydrogen) atoms. The zero-order valence-corrected chi connectivity index (χ0v) is 11.4. The summed E-state index contributed by atoms with van der Waals surface area (Å²) in [6, 6.07) is 4.37. The average Bonchev–Trinajstić information content (AvgIpc) is 2.09. The lowest BCUT2D eigenvalue weighted by molar-refractivity contribution is 0.337. The molecule has 0 saturated carbocycles. The van der Waals surface area contributed by atoms with E-state index in [1.165, 1.54) is 14.7 Å². The molecule has 0 spiro atoms. The van der Waals surface area contributed by atoms with Crippen molar-refractivity contribution in [2.24, 2.45) is 0 Å². The predicted octanol–water partition coefficient (Wildman–Crippen LogP) is 4.12. The Morgan fingerprint density at radius 3 is 2.50 bits per heavy atom. The van der Waals surface area contributed by atoms with Gasteiger partial charge in [-0.15, -0.1) is 0 Å². The molecule has 0 bridgehead atoms. The highest BCUT2D eigenvalue weighted by Gasteiger charge is 2.08. The van der Waals surface area contributed by atoms with Crippen LogP contribution < -0.4 is 4.74 Å². The van der Waals surface area contributed by atoms with Crippen LogP contribution in [0.1, 0.15) is 37.8 Å². The van der Waals surface area contributed by atoms with Gasteiger partial charge in [0.15, 0.2) is 0 Å². The van der Waals surface area contributed by atoms with Gasteiger partial charge in [-0.05, 0) is 65.6 Å². The van der Waals surface area contributed by atoms with Crippen LogP contribution in [0.25, 0.3) is 0 Å². The maximum absolute atomic E-state index is 5.58. The quantitative estimate of drug-likeness (QED) is 0.763. The molecule has 0 aliphatic carbocycles. The highest BCUT2D eigenvalue weighted by Crippen LogP contribution is 2.29. The van der Waals surface area contributed by atoms with Gasteiger partial charge in [-0.2, -0.15) is 0 Å². The summed E-state index contributed by atoms with van der Waals surface area (Å²) in [7, 11) is 0. The minimum Gasteiger partial charge on any atom is -0.494 e. The smallest absolute Gasteiger partial charge is 0.122 e. The van der Waals surface area contributed by atoms with Crippen molar-refractivity contribution in [1.82, 2.24) is 0 Å². The SMILES string of the molecule is CCOc1cc(C(C)C)c(I)cc1C. The number of ether oxygens (including phenoxy) is 1. The molecule has 0 atom stereocenters. The van der Waals surface area contributed by atoms with Crippen LogP contribution in [-0.4, -0.2) is 6.61 Å². The lowest BCUT2D eigenvalue weighted by atomic mass is 10.0. The number of rotatable bonds is 3. The van der Waals surface area contributed by atoms with Gasteiger partial charge in [0.1, 0.15) is 5.75 Å². The molecule has 1 rings (SSSR count). The molecule has 0 saturated heterocycles. The topological polar surface area (TPSA) is 9.23 Å². The van der Waals surface area contributed by atoms with E-state index in [-0.39, 0.29) is 0 Å². The van der Waals surface area contributed by atoms with E-state index in [2.05, 4.69) is 55.5 Å². The zero-order chi connectivity index (χ0) is 10.7. The normalized spacial score (nSPS) is 10.7. The van der Waals surface area contributed by atoms with E-state index < -0.39 is 0 Å². The molecule has 0 aliphatic heterocycles. The largest absolute Gasteiger partial charge is 0.494 e. The van der Waals surface area contributed by atoms with Crippen molar-refractivity contribution in [3.05, 3.63) is 26.8 Å². The maximum Gasteiger partial charge on any atom is 0.122 e. The molecule has 1 aromatic rings. The highest BCUT2D eigenvalue weighted by molar-refractivity contribution is 14.1. The van der Waals surface area contributed by atoms with Crippen LogP contribution in [0, 0.1) is 10.5 Å². The fourth-order valence-corrected chi connectivity index (χ4v) is 2.67. The van der Waals surface area contributed by atoms with Gasteiger partial charge in [-0.1, -0.05) is 13.8 Å². The molecule has 1 nitrogen and oxygen atoms in total. The average molecular weight is 304 g/mol. The Kier molecular flexibility index (Phi) is 4.23. The molecule has 0 heterocycles. The van der Waals surface area contributed by atoms with Crippen LogP contribution in [0.3, 0.4) is 0 Å². The summed E-state index contributed by atoms with van der Waals surface area (Å²) in [6.45, 7) is 9.27. The minimum atomic E-state index is 0.557. The Morgan fingerprint density at radius 1 is 1.36 bits per heavy atom. The second-order valence-corrected chi connectivity index (χ2v) is 4.89. The van der Waals surface area contributed by atoms with E-state index in [9.17, 15) is 0 Å². The van der Waals surface area contributed by atoms with Gasteiger partial charge in [0.05, 0.1) is 6.61 Å². The van der Waals surface area contributed by atoms with E-state index in [0.29, 0.717) is 5.92 Å². The van der Waals surface area contributed by atoms with E-state index in [1.54, 1.807) is 0 Å². The molecule has 0 aromatic heterocycles. The Balaban J connectivity index is 3.13. The Hall–Kier alpha value is -0.250. The first-order chi connectivity index (χ1) is 6.56. The van der Waals surface area contributed by atoms with Gasteiger partial charge >= 0.3 is 0 Å². The Labute approximate surface area is 100.0 Å². The number of aryl methyl sites for hydroxylation is 1. The van der Waals surface area contributed by atoms with Crippen molar-refractivity contribution in [2.45, 2.75) is 33.6 Å². The van der Waals surface area contributed by atoms with E-state index >= 15 is 0 Å². The van der Waals surface area contributed by atoms with E-state index in [0.717, 1.165) is 12.4 Å². The summed E-state index contributed by atoms with van der Waals surface area (Å²) >= 11 is 2.39. The fourth-order valence-electron chi connectivity index (χ4n) is 1.42. The summed E-state index contributed by atoms with van der Waals surface area (Å²) in [5, 5.41) is 0. The molecular formula is C12H17IO. The Morgan fingerprint density at radius 2 is 2.00 bits per heavy atom. The van der Waals surface area contributed by atoms with Crippen molar-refractivity contribution in [3.63, 3.8) is 0 Å². The molecule has 2 heteroatoms. The van der Waals surface area contributed by atoms with Crippen LogP contribution in [0.5, 0.6) is 5.75 Å². The van der Waals surface area contributed by atoms with E-state index in [1.807, 2.05) is 6.92 Å². The molecule has 0 amide bonds. The molecule has 0 radical (unpaired) electrons. The third-order valence-electron chi connectivity index (χ3n) is 2.22. The van der Waals surface area contributed by atoms with Gasteiger partial charge in [-0.3, -0.25) is 0 Å². The van der Waals surface area contributed by atoms with Crippen LogP contribution >= 0.6 is 22.6 Å². The van der Waals surface area contributed by atoms with Gasteiger partial charge in [-0.25, -0.2) is 0 Å². The summed E-state index contributed by atoms with van der Waals surface area (Å²) in [4.78, 5) is 0. The van der Waals surface area contributed by atoms with Crippen molar-refractivity contribution >= 4 is 22.6 Å². The molecule has 0 aliphatic rings. The second-order valence-electron chi connectivity index (χ2n) is 3.73. The predicted molar refractivity (Wildman–Crippen MR) is 69.2 cm³/mol. The van der Waals surface area contributed by atoms with Crippen molar-refractivity contribution in [3.8, 4) is 5.75 Å². The number of halogens is 1. The van der Waals surface area contributed by atoms with Crippen molar-refractivity contribution < 1.29 is 4.74 Å². The lowest BCUT2D eigenvalue weighted by Gasteiger charge is -2.13. The third-order valence-corrected chi connectivity index (χ3v) is 3.15. The molecule has 0 fully saturated rings. The first-order valence-corrected chi connectivity index (χ1v) is 6.07. The van der Waals surface area contributed by atoms with Crippen LogP contribution in [0.15, 0.2) is 12.1 Å². The first kappa shape index (κ1) is 11.8. The van der Waals surface area contributed by atoms with Crippen LogP contribution in [0.2, 0.25) is 0 Å². The molecule has 1 aromatic carbocycles. The standard InChI is InChI=1S/C12H17IO/c1-5-14-12-7-10(8(2)3)11(13)6-9(12)4/h6-8H,5H2,1-4H3. The van der Waals surface area contributed by atoms with Gasteiger partial charge in [0.25, 0.3) is 0 Å². The number of benzene rings is 1. The van der Waals surface area contributed by atoms with Crippen LogP contribution in [-0.2, 0) is 0 Å². The minimum absolute atomic E-state index is 0.557. The second kappa shape index (κ2) is 5.01. The lowest BCUT2D eigenvalue weighted by Crippen LogP contribution is -1.99. The van der Waals surface area contributed by atoms with Crippen LogP contribution in [0.4, 0.5) is 0 Å². The molecule has 78 valence electrons.